The van der Waals surface area contributed by atoms with Crippen molar-refractivity contribution in [2.45, 2.75) is 26.7 Å². The lowest BCUT2D eigenvalue weighted by molar-refractivity contribution is 0.623. The molecule has 0 saturated carbocycles. The maximum Gasteiger partial charge on any atom is 0.254 e. The summed E-state index contributed by atoms with van der Waals surface area (Å²) in [6, 6.07) is 4.98. The van der Waals surface area contributed by atoms with Gasteiger partial charge in [0.2, 0.25) is 0 Å². The van der Waals surface area contributed by atoms with Crippen molar-refractivity contribution >= 4 is 15.9 Å². The number of benzene rings is 1. The van der Waals surface area contributed by atoms with E-state index >= 15 is 0 Å². The summed E-state index contributed by atoms with van der Waals surface area (Å²) in [7, 11) is 0. The van der Waals surface area contributed by atoms with E-state index in [9.17, 15) is 9.18 Å². The van der Waals surface area contributed by atoms with Gasteiger partial charge in [0.15, 0.2) is 0 Å². The molecule has 0 aliphatic heterocycles. The van der Waals surface area contributed by atoms with Crippen LogP contribution in [-0.2, 0) is 6.42 Å². The van der Waals surface area contributed by atoms with Crippen LogP contribution in [0.2, 0.25) is 0 Å². The zero-order valence-electron chi connectivity index (χ0n) is 10.8. The third kappa shape index (κ3) is 2.76. The third-order valence-electron chi connectivity index (χ3n) is 2.89. The lowest BCUT2D eigenvalue weighted by atomic mass is 10.1. The Balaban J connectivity index is 2.67. The van der Waals surface area contributed by atoms with Crippen LogP contribution in [0.5, 0.6) is 0 Å². The maximum absolute atomic E-state index is 14.1. The predicted octanol–water partition coefficient (Wildman–Crippen LogP) is 3.60. The van der Waals surface area contributed by atoms with Crippen molar-refractivity contribution in [3.8, 4) is 11.3 Å². The van der Waals surface area contributed by atoms with Crippen LogP contribution in [0.25, 0.3) is 11.3 Å². The standard InChI is InChI=1S/C14H14BrFN2O/c1-3-5-11-17-13(8(2)14(19)18-11)9-6-4-7-10(15)12(9)16/h4,6-7H,3,5H2,1-2H3,(H,17,18,19). The van der Waals surface area contributed by atoms with Crippen molar-refractivity contribution < 1.29 is 4.39 Å². The van der Waals surface area contributed by atoms with Crippen LogP contribution >= 0.6 is 15.9 Å². The highest BCUT2D eigenvalue weighted by molar-refractivity contribution is 9.10. The maximum atomic E-state index is 14.1. The van der Waals surface area contributed by atoms with Gasteiger partial charge in [-0.15, -0.1) is 0 Å². The van der Waals surface area contributed by atoms with Gasteiger partial charge in [-0.05, 0) is 41.4 Å². The van der Waals surface area contributed by atoms with Crippen LogP contribution < -0.4 is 5.56 Å². The fourth-order valence-electron chi connectivity index (χ4n) is 1.88. The molecule has 1 N–H and O–H groups in total. The molecule has 0 spiro atoms. The summed E-state index contributed by atoms with van der Waals surface area (Å²) in [4.78, 5) is 19.0. The number of H-pyrrole nitrogens is 1. The van der Waals surface area contributed by atoms with Crippen molar-refractivity contribution in [1.29, 1.82) is 0 Å². The Bertz CT molecular complexity index is 667. The molecule has 0 atom stereocenters. The Morgan fingerprint density at radius 3 is 2.84 bits per heavy atom. The van der Waals surface area contributed by atoms with Crippen molar-refractivity contribution in [2.24, 2.45) is 0 Å². The van der Waals surface area contributed by atoms with E-state index in [4.69, 9.17) is 0 Å². The molecule has 0 aliphatic rings. The second-order valence-electron chi connectivity index (χ2n) is 4.34. The number of aromatic nitrogens is 2. The summed E-state index contributed by atoms with van der Waals surface area (Å²) in [5, 5.41) is 0. The Morgan fingerprint density at radius 2 is 2.16 bits per heavy atom. The highest BCUT2D eigenvalue weighted by Gasteiger charge is 2.14. The molecule has 1 aromatic carbocycles. The van der Waals surface area contributed by atoms with E-state index in [0.29, 0.717) is 33.5 Å². The molecule has 0 radical (unpaired) electrons. The molecular weight excluding hydrogens is 311 g/mol. The molecule has 0 amide bonds. The molecule has 2 aromatic rings. The summed E-state index contributed by atoms with van der Waals surface area (Å²) >= 11 is 3.15. The van der Waals surface area contributed by atoms with E-state index in [1.807, 2.05) is 6.92 Å². The van der Waals surface area contributed by atoms with Gasteiger partial charge in [0, 0.05) is 17.5 Å². The van der Waals surface area contributed by atoms with Gasteiger partial charge in [0.1, 0.15) is 11.6 Å². The number of aryl methyl sites for hydroxylation is 1. The monoisotopic (exact) mass is 324 g/mol. The first kappa shape index (κ1) is 13.9. The molecule has 0 aliphatic carbocycles. The SMILES string of the molecule is CCCc1nc(-c2cccc(Br)c2F)c(C)c(=O)[nH]1. The molecule has 0 bridgehead atoms. The van der Waals surface area contributed by atoms with Crippen LogP contribution in [0, 0.1) is 12.7 Å². The summed E-state index contributed by atoms with van der Waals surface area (Å²) in [5.41, 5.74) is 0.964. The normalized spacial score (nSPS) is 10.7. The van der Waals surface area contributed by atoms with Gasteiger partial charge in [-0.2, -0.15) is 0 Å². The molecule has 19 heavy (non-hydrogen) atoms. The number of hydrogen-bond acceptors (Lipinski definition) is 2. The molecule has 1 heterocycles. The Kier molecular flexibility index (Phi) is 4.14. The van der Waals surface area contributed by atoms with Crippen molar-refractivity contribution in [3.63, 3.8) is 0 Å². The van der Waals surface area contributed by atoms with Crippen molar-refractivity contribution in [3.05, 3.63) is 50.2 Å². The summed E-state index contributed by atoms with van der Waals surface area (Å²) in [6.45, 7) is 3.65. The van der Waals surface area contributed by atoms with Crippen LogP contribution in [0.3, 0.4) is 0 Å². The first-order valence-electron chi connectivity index (χ1n) is 6.08. The number of hydrogen-bond donors (Lipinski definition) is 1. The van der Waals surface area contributed by atoms with Gasteiger partial charge >= 0.3 is 0 Å². The van der Waals surface area contributed by atoms with Gasteiger partial charge in [-0.1, -0.05) is 13.0 Å². The highest BCUT2D eigenvalue weighted by Crippen LogP contribution is 2.27. The second kappa shape index (κ2) is 5.65. The van der Waals surface area contributed by atoms with E-state index in [0.717, 1.165) is 6.42 Å². The van der Waals surface area contributed by atoms with Gasteiger partial charge in [-0.3, -0.25) is 4.79 Å². The topological polar surface area (TPSA) is 45.8 Å². The lowest BCUT2D eigenvalue weighted by Crippen LogP contribution is -2.16. The van der Waals surface area contributed by atoms with E-state index in [-0.39, 0.29) is 5.56 Å². The van der Waals surface area contributed by atoms with E-state index < -0.39 is 5.82 Å². The number of nitrogens with one attached hydrogen (secondary N) is 1. The van der Waals surface area contributed by atoms with Gasteiger partial charge in [0.25, 0.3) is 5.56 Å². The summed E-state index contributed by atoms with van der Waals surface area (Å²) < 4.78 is 14.5. The van der Waals surface area contributed by atoms with Crippen LogP contribution in [-0.4, -0.2) is 9.97 Å². The molecular formula is C14H14BrFN2O. The molecule has 100 valence electrons. The smallest absolute Gasteiger partial charge is 0.254 e. The highest BCUT2D eigenvalue weighted by atomic mass is 79.9. The van der Waals surface area contributed by atoms with E-state index in [1.165, 1.54) is 0 Å². The predicted molar refractivity (Wildman–Crippen MR) is 76.7 cm³/mol. The fourth-order valence-corrected chi connectivity index (χ4v) is 2.25. The van der Waals surface area contributed by atoms with Gasteiger partial charge < -0.3 is 4.98 Å². The quantitative estimate of drug-likeness (QED) is 0.937. The van der Waals surface area contributed by atoms with E-state index in [1.54, 1.807) is 25.1 Å². The largest absolute Gasteiger partial charge is 0.310 e. The minimum absolute atomic E-state index is 0.215. The Morgan fingerprint density at radius 1 is 1.42 bits per heavy atom. The molecule has 3 nitrogen and oxygen atoms in total. The van der Waals surface area contributed by atoms with Crippen molar-refractivity contribution in [1.82, 2.24) is 9.97 Å². The molecule has 0 unspecified atom stereocenters. The van der Waals surface area contributed by atoms with Crippen LogP contribution in [0.4, 0.5) is 4.39 Å². The first-order chi connectivity index (χ1) is 9.04. The average Bonchev–Trinajstić information content (AvgIpc) is 2.37. The Hall–Kier alpha value is -1.49. The molecule has 0 saturated heterocycles. The van der Waals surface area contributed by atoms with Crippen molar-refractivity contribution in [2.75, 3.05) is 0 Å². The summed E-state index contributed by atoms with van der Waals surface area (Å²) in [5.74, 6) is 0.193. The summed E-state index contributed by atoms with van der Waals surface area (Å²) in [6.07, 6.45) is 1.53. The molecule has 0 fully saturated rings. The van der Waals surface area contributed by atoms with Crippen LogP contribution in [0.15, 0.2) is 27.5 Å². The zero-order chi connectivity index (χ0) is 14.0. The third-order valence-corrected chi connectivity index (χ3v) is 3.51. The lowest BCUT2D eigenvalue weighted by Gasteiger charge is -2.09. The zero-order valence-corrected chi connectivity index (χ0v) is 12.3. The fraction of sp³-hybridized carbons (Fsp3) is 0.286. The van der Waals surface area contributed by atoms with Crippen LogP contribution in [0.1, 0.15) is 24.7 Å². The number of rotatable bonds is 3. The minimum Gasteiger partial charge on any atom is -0.310 e. The second-order valence-corrected chi connectivity index (χ2v) is 5.19. The molecule has 5 heteroatoms. The molecule has 2 rings (SSSR count). The minimum atomic E-state index is -0.397. The number of halogens is 2. The Labute approximate surface area is 119 Å². The number of aromatic amines is 1. The number of nitrogens with zero attached hydrogens (tertiary/aromatic N) is 1. The average molecular weight is 325 g/mol. The first-order valence-corrected chi connectivity index (χ1v) is 6.88. The molecule has 1 aromatic heterocycles. The van der Waals surface area contributed by atoms with E-state index in [2.05, 4.69) is 25.9 Å². The van der Waals surface area contributed by atoms with Gasteiger partial charge in [-0.25, -0.2) is 9.37 Å². The van der Waals surface area contributed by atoms with Gasteiger partial charge in [0.05, 0.1) is 10.2 Å².